The third kappa shape index (κ3) is 9.73. The number of hydrogen-bond donors (Lipinski definition) is 4. The Bertz CT molecular complexity index is 916. The summed E-state index contributed by atoms with van der Waals surface area (Å²) in [6.45, 7) is 4.28. The van der Waals surface area contributed by atoms with Crippen molar-refractivity contribution in [3.8, 4) is 0 Å². The molecule has 0 bridgehead atoms. The van der Waals surface area contributed by atoms with Gasteiger partial charge in [-0.3, -0.25) is 9.97 Å². The Labute approximate surface area is 193 Å². The largest absolute Gasteiger partial charge is 0.378 e. The summed E-state index contributed by atoms with van der Waals surface area (Å²) in [5, 5.41) is 9.63. The van der Waals surface area contributed by atoms with Gasteiger partial charge in [0.25, 0.3) is 0 Å². The summed E-state index contributed by atoms with van der Waals surface area (Å²) in [4.78, 5) is 22.0. The van der Waals surface area contributed by atoms with E-state index in [0.717, 1.165) is 17.8 Å². The average molecular weight is 454 g/mol. The molecule has 0 aromatic carbocycles. The third-order valence-corrected chi connectivity index (χ3v) is 4.34. The van der Waals surface area contributed by atoms with Gasteiger partial charge in [0.1, 0.15) is 0 Å². The first-order valence-electron chi connectivity index (χ1n) is 11.0. The highest BCUT2D eigenvalue weighted by Gasteiger charge is 2.07. The second-order valence-corrected chi connectivity index (χ2v) is 6.92. The molecule has 0 spiro atoms. The maximum absolute atomic E-state index is 5.54. The van der Waals surface area contributed by atoms with Crippen molar-refractivity contribution in [2.45, 2.75) is 13.0 Å². The Morgan fingerprint density at radius 3 is 1.91 bits per heavy atom. The fourth-order valence-corrected chi connectivity index (χ4v) is 2.77. The molecular weight excluding hydrogens is 422 g/mol. The molecule has 0 saturated heterocycles. The van der Waals surface area contributed by atoms with Gasteiger partial charge in [0.2, 0.25) is 17.8 Å². The van der Waals surface area contributed by atoms with E-state index in [2.05, 4.69) is 40.9 Å². The van der Waals surface area contributed by atoms with E-state index < -0.39 is 0 Å². The van der Waals surface area contributed by atoms with Crippen LogP contribution in [-0.4, -0.2) is 71.0 Å². The van der Waals surface area contributed by atoms with E-state index in [1.54, 1.807) is 12.4 Å². The first-order chi connectivity index (χ1) is 16.3. The van der Waals surface area contributed by atoms with Crippen LogP contribution in [0, 0.1) is 0 Å². The highest BCUT2D eigenvalue weighted by Crippen LogP contribution is 2.10. The SMILES string of the molecule is NCCOCCOCCNc1nc(NCCc2ccccn2)nc(NCc2ccccn2)n1. The molecule has 3 heterocycles. The number of ether oxygens (including phenoxy) is 2. The molecule has 3 aromatic rings. The predicted octanol–water partition coefficient (Wildman–Crippen LogP) is 1.33. The summed E-state index contributed by atoms with van der Waals surface area (Å²) in [7, 11) is 0. The van der Waals surface area contributed by atoms with Gasteiger partial charge in [0, 0.05) is 44.1 Å². The van der Waals surface area contributed by atoms with Gasteiger partial charge in [-0.15, -0.1) is 0 Å². The number of hydrogen-bond acceptors (Lipinski definition) is 11. The Morgan fingerprint density at radius 2 is 1.27 bits per heavy atom. The van der Waals surface area contributed by atoms with E-state index >= 15 is 0 Å². The molecule has 0 atom stereocenters. The normalized spacial score (nSPS) is 10.7. The molecule has 0 saturated carbocycles. The molecule has 3 aromatic heterocycles. The average Bonchev–Trinajstić information content (AvgIpc) is 2.86. The molecule has 33 heavy (non-hydrogen) atoms. The van der Waals surface area contributed by atoms with E-state index in [0.29, 0.717) is 70.5 Å². The number of nitrogens with one attached hydrogen (secondary N) is 3. The van der Waals surface area contributed by atoms with Crippen LogP contribution in [0.1, 0.15) is 11.4 Å². The topological polar surface area (TPSA) is 145 Å². The summed E-state index contributed by atoms with van der Waals surface area (Å²) < 4.78 is 10.8. The number of anilines is 3. The molecule has 0 aliphatic carbocycles. The second kappa shape index (κ2) is 14.6. The smallest absolute Gasteiger partial charge is 0.229 e. The standard InChI is InChI=1S/C22H31N9O2/c23-8-13-32-15-16-33-14-12-27-21-29-20(26-11-7-18-5-1-3-9-24-18)30-22(31-21)28-17-19-6-2-4-10-25-19/h1-6,9-10H,7-8,11-17,23H2,(H3,26,27,28,29,30,31). The number of rotatable bonds is 16. The Morgan fingerprint density at radius 1 is 0.667 bits per heavy atom. The van der Waals surface area contributed by atoms with Gasteiger partial charge in [-0.1, -0.05) is 12.1 Å². The fourth-order valence-electron chi connectivity index (χ4n) is 2.77. The van der Waals surface area contributed by atoms with Crippen LogP contribution in [0.3, 0.4) is 0 Å². The van der Waals surface area contributed by atoms with Gasteiger partial charge >= 0.3 is 0 Å². The third-order valence-electron chi connectivity index (χ3n) is 4.34. The van der Waals surface area contributed by atoms with Crippen molar-refractivity contribution >= 4 is 17.8 Å². The van der Waals surface area contributed by atoms with E-state index in [1.165, 1.54) is 0 Å². The van der Waals surface area contributed by atoms with Crippen molar-refractivity contribution in [1.82, 2.24) is 24.9 Å². The number of nitrogens with two attached hydrogens (primary N) is 1. The van der Waals surface area contributed by atoms with Crippen LogP contribution >= 0.6 is 0 Å². The lowest BCUT2D eigenvalue weighted by atomic mass is 10.3. The molecule has 11 nitrogen and oxygen atoms in total. The molecule has 0 unspecified atom stereocenters. The first kappa shape index (κ1) is 24.2. The summed E-state index contributed by atoms with van der Waals surface area (Å²) in [6, 6.07) is 11.6. The zero-order chi connectivity index (χ0) is 23.0. The van der Waals surface area contributed by atoms with Crippen LogP contribution in [0.25, 0.3) is 0 Å². The molecule has 0 aliphatic rings. The molecule has 11 heteroatoms. The lowest BCUT2D eigenvalue weighted by Gasteiger charge is -2.11. The monoisotopic (exact) mass is 453 g/mol. The summed E-state index contributed by atoms with van der Waals surface area (Å²) in [6.07, 6.45) is 4.29. The van der Waals surface area contributed by atoms with Crippen molar-refractivity contribution in [1.29, 1.82) is 0 Å². The maximum atomic E-state index is 5.54. The number of pyridine rings is 2. The minimum absolute atomic E-state index is 0.453. The van der Waals surface area contributed by atoms with Gasteiger partial charge in [0.05, 0.1) is 38.7 Å². The zero-order valence-electron chi connectivity index (χ0n) is 18.6. The van der Waals surface area contributed by atoms with Crippen LogP contribution < -0.4 is 21.7 Å². The molecule has 176 valence electrons. The maximum Gasteiger partial charge on any atom is 0.229 e. The van der Waals surface area contributed by atoms with Crippen molar-refractivity contribution < 1.29 is 9.47 Å². The molecular formula is C22H31N9O2. The van der Waals surface area contributed by atoms with Crippen molar-refractivity contribution in [2.75, 3.05) is 62.0 Å². The molecule has 3 rings (SSSR count). The van der Waals surface area contributed by atoms with Gasteiger partial charge in [0.15, 0.2) is 0 Å². The summed E-state index contributed by atoms with van der Waals surface area (Å²) in [5.74, 6) is 1.38. The van der Waals surface area contributed by atoms with Crippen molar-refractivity contribution in [2.24, 2.45) is 5.73 Å². The van der Waals surface area contributed by atoms with Crippen molar-refractivity contribution in [3.05, 3.63) is 60.2 Å². The van der Waals surface area contributed by atoms with Gasteiger partial charge in [-0.2, -0.15) is 15.0 Å². The highest BCUT2D eigenvalue weighted by molar-refractivity contribution is 5.42. The van der Waals surface area contributed by atoms with Crippen LogP contribution in [0.15, 0.2) is 48.8 Å². The minimum atomic E-state index is 0.453. The van der Waals surface area contributed by atoms with E-state index in [9.17, 15) is 0 Å². The predicted molar refractivity (Wildman–Crippen MR) is 127 cm³/mol. The highest BCUT2D eigenvalue weighted by atomic mass is 16.5. The van der Waals surface area contributed by atoms with Gasteiger partial charge in [-0.05, 0) is 24.3 Å². The van der Waals surface area contributed by atoms with E-state index in [4.69, 9.17) is 15.2 Å². The van der Waals surface area contributed by atoms with Gasteiger partial charge in [-0.25, -0.2) is 0 Å². The molecule has 0 fully saturated rings. The molecule has 5 N–H and O–H groups in total. The van der Waals surface area contributed by atoms with Crippen LogP contribution in [0.2, 0.25) is 0 Å². The Balaban J connectivity index is 1.52. The second-order valence-electron chi connectivity index (χ2n) is 6.92. The van der Waals surface area contributed by atoms with Gasteiger partial charge < -0.3 is 31.2 Å². The van der Waals surface area contributed by atoms with Crippen LogP contribution in [0.5, 0.6) is 0 Å². The first-order valence-corrected chi connectivity index (χ1v) is 11.0. The lowest BCUT2D eigenvalue weighted by molar-refractivity contribution is 0.0547. The minimum Gasteiger partial charge on any atom is -0.378 e. The van der Waals surface area contributed by atoms with E-state index in [1.807, 2.05) is 36.4 Å². The quantitative estimate of drug-likeness (QED) is 0.233. The van der Waals surface area contributed by atoms with E-state index in [-0.39, 0.29) is 0 Å². The molecule has 0 aliphatic heterocycles. The zero-order valence-corrected chi connectivity index (χ0v) is 18.6. The summed E-state index contributed by atoms with van der Waals surface area (Å²) in [5.41, 5.74) is 7.27. The number of nitrogens with zero attached hydrogens (tertiary/aromatic N) is 5. The fraction of sp³-hybridized carbons (Fsp3) is 0.409. The van der Waals surface area contributed by atoms with Crippen LogP contribution in [-0.2, 0) is 22.4 Å². The van der Waals surface area contributed by atoms with Crippen molar-refractivity contribution in [3.63, 3.8) is 0 Å². The summed E-state index contributed by atoms with van der Waals surface area (Å²) >= 11 is 0. The molecule has 0 amide bonds. The Kier molecular flexibility index (Phi) is 10.7. The molecule has 0 radical (unpaired) electrons. The lowest BCUT2D eigenvalue weighted by Crippen LogP contribution is -2.17. The number of aromatic nitrogens is 5. The van der Waals surface area contributed by atoms with Crippen LogP contribution in [0.4, 0.5) is 17.8 Å². The Hall–Kier alpha value is -3.41.